The number of aliphatic hydroxyl groups excluding tert-OH is 1. The maximum atomic E-state index is 10.8. The second-order valence-corrected chi connectivity index (χ2v) is 6.10. The number of hydrogen-bond acceptors (Lipinski definition) is 5. The Labute approximate surface area is 147 Å². The summed E-state index contributed by atoms with van der Waals surface area (Å²) in [6, 6.07) is 18.6. The molecule has 1 aliphatic heterocycles. The van der Waals surface area contributed by atoms with Gasteiger partial charge in [0.1, 0.15) is 11.5 Å². The van der Waals surface area contributed by atoms with Gasteiger partial charge in [0.15, 0.2) is 0 Å². The molecule has 0 aromatic heterocycles. The minimum Gasteiger partial charge on any atom is -0.508 e. The summed E-state index contributed by atoms with van der Waals surface area (Å²) in [7, 11) is 0. The summed E-state index contributed by atoms with van der Waals surface area (Å²) < 4.78 is 5.27. The van der Waals surface area contributed by atoms with Crippen molar-refractivity contribution in [1.29, 1.82) is 0 Å². The molecule has 2 aromatic carbocycles. The number of hydrogen-bond donors (Lipinski definition) is 3. The van der Waals surface area contributed by atoms with Crippen LogP contribution in [-0.4, -0.2) is 39.6 Å². The van der Waals surface area contributed by atoms with Crippen LogP contribution in [0.3, 0.4) is 0 Å². The summed E-state index contributed by atoms with van der Waals surface area (Å²) in [5.41, 5.74) is 0.110. The van der Waals surface area contributed by atoms with Crippen molar-refractivity contribution in [3.05, 3.63) is 60.2 Å². The van der Waals surface area contributed by atoms with E-state index in [4.69, 9.17) is 4.74 Å². The van der Waals surface area contributed by atoms with Crippen molar-refractivity contribution in [2.75, 3.05) is 13.1 Å². The number of ether oxygens (including phenoxy) is 1. The molecular weight excluding hydrogens is 318 g/mol. The normalized spacial score (nSPS) is 17.3. The molecule has 3 N–H and O–H groups in total. The van der Waals surface area contributed by atoms with Crippen molar-refractivity contribution in [2.24, 2.45) is 0 Å². The third kappa shape index (κ3) is 4.44. The van der Waals surface area contributed by atoms with Crippen molar-refractivity contribution >= 4 is 0 Å². The molecule has 2 aromatic rings. The monoisotopic (exact) mass is 339 g/mol. The number of phenolic OH excluding ortho intramolecular Hbond substituents is 1. The Morgan fingerprint density at radius 3 is 2.28 bits per heavy atom. The van der Waals surface area contributed by atoms with Crippen LogP contribution in [-0.2, 0) is 5.60 Å². The van der Waals surface area contributed by atoms with Gasteiger partial charge in [0.05, 0.1) is 5.60 Å². The molecule has 1 heterocycles. The summed E-state index contributed by atoms with van der Waals surface area (Å²) in [5.74, 6) is 3.21. The lowest BCUT2D eigenvalue weighted by Crippen LogP contribution is -2.40. The summed E-state index contributed by atoms with van der Waals surface area (Å²) >= 11 is 0. The quantitative estimate of drug-likeness (QED) is 0.589. The van der Waals surface area contributed by atoms with Crippen LogP contribution in [0.25, 0.3) is 0 Å². The molecule has 130 valence electrons. The van der Waals surface area contributed by atoms with Crippen molar-refractivity contribution in [3.63, 3.8) is 0 Å². The molecule has 3 rings (SSSR count). The van der Waals surface area contributed by atoms with Gasteiger partial charge >= 0.3 is 0 Å². The number of phenols is 1. The highest BCUT2D eigenvalue weighted by molar-refractivity contribution is 5.30. The molecule has 0 radical (unpaired) electrons. The highest BCUT2D eigenvalue weighted by Gasteiger charge is 2.33. The fourth-order valence-electron chi connectivity index (χ4n) is 2.86. The Hall–Kier alpha value is -2.68. The summed E-state index contributed by atoms with van der Waals surface area (Å²) in [6.07, 6.45) is -0.0826. The minimum absolute atomic E-state index is 0.132. The molecule has 25 heavy (non-hydrogen) atoms. The Morgan fingerprint density at radius 2 is 1.64 bits per heavy atom. The highest BCUT2D eigenvalue weighted by Crippen LogP contribution is 2.32. The molecule has 0 spiro atoms. The Morgan fingerprint density at radius 1 is 1.00 bits per heavy atom. The molecule has 0 saturated carbocycles. The van der Waals surface area contributed by atoms with Gasteiger partial charge in [0, 0.05) is 19.1 Å². The zero-order valence-corrected chi connectivity index (χ0v) is 13.8. The van der Waals surface area contributed by atoms with Crippen molar-refractivity contribution < 1.29 is 20.1 Å². The van der Waals surface area contributed by atoms with Crippen LogP contribution in [0.4, 0.5) is 0 Å². The summed E-state index contributed by atoms with van der Waals surface area (Å²) in [5, 5.41) is 29.9. The maximum Gasteiger partial charge on any atom is 0.263 e. The van der Waals surface area contributed by atoms with Gasteiger partial charge < -0.3 is 25.0 Å². The number of piperidine rings is 1. The average Bonchev–Trinajstić information content (AvgIpc) is 2.64. The first-order chi connectivity index (χ1) is 12.0. The standard InChI is InChI=1S/C20H21NO4/c22-17-6-8-18(9-7-17)25-19(23)10-13-21-14-11-20(24,12-15-21)16-4-2-1-3-5-16/h1-9,19,22-24H,11-12,14-15H2. The predicted octanol–water partition coefficient (Wildman–Crippen LogP) is 2.03. The number of aromatic hydroxyl groups is 1. The number of aliphatic hydroxyl groups is 2. The van der Waals surface area contributed by atoms with Crippen molar-refractivity contribution in [1.82, 2.24) is 4.90 Å². The SMILES string of the molecule is Oc1ccc(OC(O)C#CN2CCC(O)(c3ccccc3)CC2)cc1. The van der Waals surface area contributed by atoms with E-state index >= 15 is 0 Å². The maximum absolute atomic E-state index is 10.8. The smallest absolute Gasteiger partial charge is 0.263 e. The zero-order valence-electron chi connectivity index (χ0n) is 13.8. The zero-order chi connectivity index (χ0) is 17.7. The van der Waals surface area contributed by atoms with Gasteiger partial charge in [-0.25, -0.2) is 0 Å². The predicted molar refractivity (Wildman–Crippen MR) is 93.7 cm³/mol. The largest absolute Gasteiger partial charge is 0.508 e. The van der Waals surface area contributed by atoms with Crippen LogP contribution in [0, 0.1) is 12.0 Å². The van der Waals surface area contributed by atoms with Gasteiger partial charge in [-0.1, -0.05) is 30.3 Å². The highest BCUT2D eigenvalue weighted by atomic mass is 16.6. The fraction of sp³-hybridized carbons (Fsp3) is 0.300. The molecule has 1 saturated heterocycles. The number of likely N-dealkylation sites (tertiary alicyclic amines) is 1. The minimum atomic E-state index is -1.25. The Bertz CT molecular complexity index is 741. The first-order valence-corrected chi connectivity index (χ1v) is 8.23. The molecule has 0 aliphatic carbocycles. The average molecular weight is 339 g/mol. The van der Waals surface area contributed by atoms with Crippen molar-refractivity contribution in [2.45, 2.75) is 24.7 Å². The van der Waals surface area contributed by atoms with Crippen LogP contribution in [0.5, 0.6) is 11.5 Å². The van der Waals surface area contributed by atoms with Crippen LogP contribution in [0.1, 0.15) is 18.4 Å². The van der Waals surface area contributed by atoms with Crippen LogP contribution in [0.15, 0.2) is 54.6 Å². The number of rotatable bonds is 3. The van der Waals surface area contributed by atoms with Crippen LogP contribution >= 0.6 is 0 Å². The van der Waals surface area contributed by atoms with E-state index in [1.165, 1.54) is 12.1 Å². The molecule has 1 aliphatic rings. The van der Waals surface area contributed by atoms with E-state index in [2.05, 4.69) is 12.0 Å². The van der Waals surface area contributed by atoms with Gasteiger partial charge in [0.2, 0.25) is 0 Å². The van der Waals surface area contributed by atoms with E-state index in [-0.39, 0.29) is 5.75 Å². The number of benzene rings is 2. The molecule has 1 atom stereocenters. The second kappa shape index (κ2) is 7.47. The van der Waals surface area contributed by atoms with E-state index in [1.807, 2.05) is 35.2 Å². The van der Waals surface area contributed by atoms with Gasteiger partial charge in [-0.3, -0.25) is 0 Å². The van der Waals surface area contributed by atoms with Gasteiger partial charge in [0.25, 0.3) is 6.29 Å². The lowest BCUT2D eigenvalue weighted by atomic mass is 9.85. The topological polar surface area (TPSA) is 73.2 Å². The van der Waals surface area contributed by atoms with Gasteiger partial charge in [-0.2, -0.15) is 0 Å². The van der Waals surface area contributed by atoms with E-state index in [1.54, 1.807) is 12.1 Å². The Kier molecular flexibility index (Phi) is 5.13. The van der Waals surface area contributed by atoms with Gasteiger partial charge in [-0.15, -0.1) is 0 Å². The number of nitrogens with zero attached hydrogens (tertiary/aromatic N) is 1. The molecule has 5 nitrogen and oxygen atoms in total. The molecule has 5 heteroatoms. The van der Waals surface area contributed by atoms with Gasteiger partial charge in [-0.05, 0) is 48.6 Å². The van der Waals surface area contributed by atoms with Crippen molar-refractivity contribution in [3.8, 4) is 23.5 Å². The first-order valence-electron chi connectivity index (χ1n) is 8.23. The lowest BCUT2D eigenvalue weighted by molar-refractivity contribution is -0.0144. The van der Waals surface area contributed by atoms with E-state index < -0.39 is 11.9 Å². The lowest BCUT2D eigenvalue weighted by Gasteiger charge is -2.37. The Balaban J connectivity index is 1.54. The molecular formula is C20H21NO4. The van der Waals surface area contributed by atoms with E-state index in [0.29, 0.717) is 31.7 Å². The summed E-state index contributed by atoms with van der Waals surface area (Å²) in [6.45, 7) is 1.23. The summed E-state index contributed by atoms with van der Waals surface area (Å²) in [4.78, 5) is 1.88. The first kappa shape index (κ1) is 17.2. The second-order valence-electron chi connectivity index (χ2n) is 6.10. The van der Waals surface area contributed by atoms with E-state index in [0.717, 1.165) is 5.56 Å². The third-order valence-corrected chi connectivity index (χ3v) is 4.33. The molecule has 1 unspecified atom stereocenters. The molecule has 1 fully saturated rings. The van der Waals surface area contributed by atoms with E-state index in [9.17, 15) is 15.3 Å². The molecule has 0 amide bonds. The van der Waals surface area contributed by atoms with Crippen LogP contribution in [0.2, 0.25) is 0 Å². The third-order valence-electron chi connectivity index (χ3n) is 4.33. The van der Waals surface area contributed by atoms with Crippen LogP contribution < -0.4 is 4.74 Å². The fourth-order valence-corrected chi connectivity index (χ4v) is 2.86. The molecule has 0 bridgehead atoms.